The highest BCUT2D eigenvalue weighted by Crippen LogP contribution is 2.33. The summed E-state index contributed by atoms with van der Waals surface area (Å²) in [6, 6.07) is 10.4. The highest BCUT2D eigenvalue weighted by molar-refractivity contribution is 7.08. The molecule has 0 saturated carbocycles. The SMILES string of the molecule is CCOC(=O)C1=C(CN2CCN(C(=O)c3ccccc3)CC2)N(CC)C(=O)NC1c1ccsc1. The van der Waals surface area contributed by atoms with Crippen molar-refractivity contribution in [2.75, 3.05) is 45.9 Å². The summed E-state index contributed by atoms with van der Waals surface area (Å²) in [6.07, 6.45) is 0. The first-order chi connectivity index (χ1) is 16.5. The second-order valence-electron chi connectivity index (χ2n) is 8.20. The van der Waals surface area contributed by atoms with Gasteiger partial charge in [0, 0.05) is 50.5 Å². The molecule has 4 rings (SSSR count). The molecule has 8 nitrogen and oxygen atoms in total. The third-order valence-corrected chi connectivity index (χ3v) is 6.88. The van der Waals surface area contributed by atoms with E-state index in [1.165, 1.54) is 11.3 Å². The third-order valence-electron chi connectivity index (χ3n) is 6.18. The molecule has 34 heavy (non-hydrogen) atoms. The van der Waals surface area contributed by atoms with Gasteiger partial charge in [0.15, 0.2) is 0 Å². The molecule has 1 unspecified atom stereocenters. The number of thiophene rings is 1. The molecule has 0 aliphatic carbocycles. The van der Waals surface area contributed by atoms with Crippen LogP contribution in [0.3, 0.4) is 0 Å². The van der Waals surface area contributed by atoms with E-state index in [1.807, 2.05) is 59.0 Å². The number of ether oxygens (including phenoxy) is 1. The number of amides is 3. The largest absolute Gasteiger partial charge is 0.463 e. The Morgan fingerprint density at radius 1 is 1.09 bits per heavy atom. The average molecular weight is 483 g/mol. The van der Waals surface area contributed by atoms with Crippen LogP contribution in [-0.2, 0) is 9.53 Å². The van der Waals surface area contributed by atoms with Crippen molar-refractivity contribution < 1.29 is 19.1 Å². The van der Waals surface area contributed by atoms with Crippen LogP contribution in [0.2, 0.25) is 0 Å². The fourth-order valence-electron chi connectivity index (χ4n) is 4.43. The number of rotatable bonds is 7. The number of piperazine rings is 1. The molecule has 2 aliphatic heterocycles. The van der Waals surface area contributed by atoms with Crippen LogP contribution in [0.5, 0.6) is 0 Å². The minimum atomic E-state index is -0.545. The molecule has 2 aliphatic rings. The number of likely N-dealkylation sites (N-methyl/N-ethyl adjacent to an activating group) is 1. The molecule has 0 spiro atoms. The molecular formula is C25H30N4O4S. The maximum Gasteiger partial charge on any atom is 0.338 e. The summed E-state index contributed by atoms with van der Waals surface area (Å²) in [5.41, 5.74) is 2.70. The summed E-state index contributed by atoms with van der Waals surface area (Å²) in [6.45, 7) is 7.27. The smallest absolute Gasteiger partial charge is 0.338 e. The molecule has 1 saturated heterocycles. The summed E-state index contributed by atoms with van der Waals surface area (Å²) in [5.74, 6) is -0.388. The van der Waals surface area contributed by atoms with Crippen molar-refractivity contribution in [3.63, 3.8) is 0 Å². The van der Waals surface area contributed by atoms with Crippen LogP contribution in [-0.4, -0.2) is 78.5 Å². The van der Waals surface area contributed by atoms with E-state index in [-0.39, 0.29) is 18.5 Å². The first-order valence-electron chi connectivity index (χ1n) is 11.6. The monoisotopic (exact) mass is 482 g/mol. The maximum atomic E-state index is 13.1. The van der Waals surface area contributed by atoms with Crippen molar-refractivity contribution in [2.24, 2.45) is 0 Å². The van der Waals surface area contributed by atoms with Crippen LogP contribution in [0.1, 0.15) is 35.8 Å². The molecule has 1 atom stereocenters. The summed E-state index contributed by atoms with van der Waals surface area (Å²) in [4.78, 5) is 44.5. The Bertz CT molecular complexity index is 1050. The molecule has 1 fully saturated rings. The number of benzene rings is 1. The molecular weight excluding hydrogens is 452 g/mol. The molecule has 2 aromatic rings. The van der Waals surface area contributed by atoms with Gasteiger partial charge in [-0.05, 0) is 48.4 Å². The predicted octanol–water partition coefficient (Wildman–Crippen LogP) is 3.11. The standard InChI is InChI=1S/C25H30N4O4S/c1-3-29-20(16-27-11-13-28(14-12-27)23(30)18-8-6-5-7-9-18)21(24(31)33-4-2)22(26-25(29)32)19-10-15-34-17-19/h5-10,15,17,22H,3-4,11-14,16H2,1-2H3,(H,26,32). The van der Waals surface area contributed by atoms with Crippen molar-refractivity contribution >= 4 is 29.2 Å². The highest BCUT2D eigenvalue weighted by atomic mass is 32.1. The van der Waals surface area contributed by atoms with Gasteiger partial charge in [-0.3, -0.25) is 14.6 Å². The molecule has 3 amide bonds. The highest BCUT2D eigenvalue weighted by Gasteiger charge is 2.38. The Kier molecular flexibility index (Phi) is 7.64. The molecule has 0 radical (unpaired) electrons. The van der Waals surface area contributed by atoms with Gasteiger partial charge in [0.2, 0.25) is 0 Å². The number of nitrogens with zero attached hydrogens (tertiary/aromatic N) is 3. The number of carbonyl (C=O) groups excluding carboxylic acids is 3. The van der Waals surface area contributed by atoms with Gasteiger partial charge in [0.05, 0.1) is 18.2 Å². The Morgan fingerprint density at radius 2 is 1.82 bits per heavy atom. The third kappa shape index (κ3) is 5.00. The molecule has 1 N–H and O–H groups in total. The number of esters is 1. The number of urea groups is 1. The molecule has 0 bridgehead atoms. The molecule has 9 heteroatoms. The van der Waals surface area contributed by atoms with Crippen LogP contribution in [0.15, 0.2) is 58.4 Å². The first kappa shape index (κ1) is 24.0. The van der Waals surface area contributed by atoms with Crippen LogP contribution in [0, 0.1) is 0 Å². The van der Waals surface area contributed by atoms with E-state index in [2.05, 4.69) is 10.2 Å². The lowest BCUT2D eigenvalue weighted by Gasteiger charge is -2.40. The minimum absolute atomic E-state index is 0.0245. The van der Waals surface area contributed by atoms with Crippen LogP contribution in [0.4, 0.5) is 4.79 Å². The maximum absolute atomic E-state index is 13.1. The van der Waals surface area contributed by atoms with E-state index in [4.69, 9.17) is 4.74 Å². The van der Waals surface area contributed by atoms with E-state index in [0.717, 1.165) is 5.56 Å². The van der Waals surface area contributed by atoms with Gasteiger partial charge >= 0.3 is 12.0 Å². The summed E-state index contributed by atoms with van der Waals surface area (Å²) >= 11 is 1.52. The number of hydrogen-bond donors (Lipinski definition) is 1. The molecule has 1 aromatic carbocycles. The molecule has 3 heterocycles. The Hall–Kier alpha value is -3.17. The summed E-state index contributed by atoms with van der Waals surface area (Å²) in [5, 5.41) is 6.85. The first-order valence-corrected chi connectivity index (χ1v) is 12.5. The van der Waals surface area contributed by atoms with Gasteiger partial charge in [0.25, 0.3) is 5.91 Å². The summed E-state index contributed by atoms with van der Waals surface area (Å²) < 4.78 is 5.41. The zero-order valence-corrected chi connectivity index (χ0v) is 20.3. The van der Waals surface area contributed by atoms with E-state index < -0.39 is 12.0 Å². The van der Waals surface area contributed by atoms with Crippen molar-refractivity contribution in [1.29, 1.82) is 0 Å². The molecule has 180 valence electrons. The Balaban J connectivity index is 1.56. The quantitative estimate of drug-likeness (QED) is 0.614. The Morgan fingerprint density at radius 3 is 2.44 bits per heavy atom. The summed E-state index contributed by atoms with van der Waals surface area (Å²) in [7, 11) is 0. The fourth-order valence-corrected chi connectivity index (χ4v) is 5.12. The van der Waals surface area contributed by atoms with Crippen molar-refractivity contribution in [2.45, 2.75) is 19.9 Å². The minimum Gasteiger partial charge on any atom is -0.463 e. The topological polar surface area (TPSA) is 82.2 Å². The Labute approximate surface area is 203 Å². The van der Waals surface area contributed by atoms with E-state index in [9.17, 15) is 14.4 Å². The van der Waals surface area contributed by atoms with Gasteiger partial charge in [-0.25, -0.2) is 9.59 Å². The lowest BCUT2D eigenvalue weighted by atomic mass is 9.96. The second-order valence-corrected chi connectivity index (χ2v) is 8.98. The van der Waals surface area contributed by atoms with Gasteiger partial charge in [-0.15, -0.1) is 0 Å². The second kappa shape index (κ2) is 10.8. The average Bonchev–Trinajstić information content (AvgIpc) is 3.39. The van der Waals surface area contributed by atoms with E-state index in [0.29, 0.717) is 56.1 Å². The molecule has 1 aromatic heterocycles. The van der Waals surface area contributed by atoms with Crippen molar-refractivity contribution in [1.82, 2.24) is 20.0 Å². The lowest BCUT2D eigenvalue weighted by Crippen LogP contribution is -2.53. The fraction of sp³-hybridized carbons (Fsp3) is 0.400. The van der Waals surface area contributed by atoms with Gasteiger partial charge in [-0.1, -0.05) is 18.2 Å². The van der Waals surface area contributed by atoms with Crippen molar-refractivity contribution in [3.05, 3.63) is 69.6 Å². The van der Waals surface area contributed by atoms with E-state index in [1.54, 1.807) is 11.8 Å². The number of hydrogen-bond acceptors (Lipinski definition) is 6. The predicted molar refractivity (Wildman–Crippen MR) is 130 cm³/mol. The van der Waals surface area contributed by atoms with Crippen LogP contribution < -0.4 is 5.32 Å². The normalized spacial score (nSPS) is 19.2. The lowest BCUT2D eigenvalue weighted by molar-refractivity contribution is -0.139. The van der Waals surface area contributed by atoms with E-state index >= 15 is 0 Å². The number of nitrogens with one attached hydrogen (secondary N) is 1. The zero-order valence-electron chi connectivity index (χ0n) is 19.5. The van der Waals surface area contributed by atoms with Crippen LogP contribution >= 0.6 is 11.3 Å². The number of carbonyl (C=O) groups is 3. The van der Waals surface area contributed by atoms with Gasteiger partial charge in [0.1, 0.15) is 0 Å². The zero-order chi connectivity index (χ0) is 24.1. The van der Waals surface area contributed by atoms with Crippen LogP contribution in [0.25, 0.3) is 0 Å². The van der Waals surface area contributed by atoms with Crippen molar-refractivity contribution in [3.8, 4) is 0 Å². The van der Waals surface area contributed by atoms with Gasteiger partial charge < -0.3 is 15.0 Å². The van der Waals surface area contributed by atoms with Gasteiger partial charge in [-0.2, -0.15) is 11.3 Å².